The lowest BCUT2D eigenvalue weighted by atomic mass is 9.89. The van der Waals surface area contributed by atoms with Crippen molar-refractivity contribution in [1.82, 2.24) is 14.5 Å². The highest BCUT2D eigenvalue weighted by atomic mass is 15.0. The Morgan fingerprint density at radius 3 is 1.70 bits per heavy atom. The Kier molecular flexibility index (Phi) is 9.17. The van der Waals surface area contributed by atoms with Crippen LogP contribution in [0.1, 0.15) is 0 Å². The van der Waals surface area contributed by atoms with Crippen molar-refractivity contribution in [1.29, 1.82) is 0 Å². The number of rotatable bonds is 7. The van der Waals surface area contributed by atoms with Crippen LogP contribution in [0, 0.1) is 0 Å². The van der Waals surface area contributed by atoms with Crippen molar-refractivity contribution in [2.45, 2.75) is 0 Å². The Morgan fingerprint density at radius 2 is 0.866 bits per heavy atom. The zero-order chi connectivity index (χ0) is 44.3. The summed E-state index contributed by atoms with van der Waals surface area (Å²) in [5.41, 5.74) is 15.1. The second-order valence-electron chi connectivity index (χ2n) is 17.3. The molecule has 2 heterocycles. The van der Waals surface area contributed by atoms with Crippen molar-refractivity contribution in [3.63, 3.8) is 0 Å². The predicted molar refractivity (Wildman–Crippen MR) is 282 cm³/mol. The lowest BCUT2D eigenvalue weighted by molar-refractivity contribution is 1.18. The molecule has 0 amide bonds. The molecule has 0 bridgehead atoms. The average Bonchev–Trinajstić information content (AvgIpc) is 3.74. The summed E-state index contributed by atoms with van der Waals surface area (Å²) in [4.78, 5) is 10.8. The first-order chi connectivity index (χ1) is 33.2. The summed E-state index contributed by atoms with van der Waals surface area (Å²) in [5, 5.41) is 9.91. The normalized spacial score (nSPS) is 11.6. The molecule has 0 aliphatic heterocycles. The molecule has 11 aromatic carbocycles. The van der Waals surface area contributed by atoms with Gasteiger partial charge in [0.05, 0.1) is 22.4 Å². The first kappa shape index (κ1) is 38.5. The molecule has 0 unspecified atom stereocenters. The molecular weight excluding hydrogens is 811 g/mol. The molecule has 0 saturated heterocycles. The van der Waals surface area contributed by atoms with E-state index in [0.29, 0.717) is 5.82 Å². The monoisotopic (exact) mass is 851 g/mol. The molecule has 13 aromatic rings. The van der Waals surface area contributed by atoms with E-state index in [4.69, 9.17) is 9.97 Å². The Balaban J connectivity index is 0.982. The van der Waals surface area contributed by atoms with Gasteiger partial charge in [0.15, 0.2) is 5.82 Å². The molecule has 0 N–H and O–H groups in total. The molecule has 0 spiro atoms. The SMILES string of the molecule is c1ccc(-c2cccc(-c3cc(-c4ccccc4-c4ccc5c6ccccc6n(-c6ccccc6)c5c4)nc(-c4ccc(-c5c6ccccc6cc6c5ccc5ccccc56)cc4)n3)c2)cc1. The van der Waals surface area contributed by atoms with E-state index in [-0.39, 0.29) is 0 Å². The van der Waals surface area contributed by atoms with Crippen LogP contribution >= 0.6 is 0 Å². The van der Waals surface area contributed by atoms with Gasteiger partial charge in [-0.25, -0.2) is 9.97 Å². The van der Waals surface area contributed by atoms with E-state index in [0.717, 1.165) is 67.1 Å². The summed E-state index contributed by atoms with van der Waals surface area (Å²) in [7, 11) is 0. The van der Waals surface area contributed by atoms with Gasteiger partial charge < -0.3 is 4.57 Å². The van der Waals surface area contributed by atoms with Crippen molar-refractivity contribution in [2.24, 2.45) is 0 Å². The van der Waals surface area contributed by atoms with Crippen LogP contribution in [0.2, 0.25) is 0 Å². The molecule has 2 aromatic heterocycles. The second kappa shape index (κ2) is 16.0. The molecule has 0 radical (unpaired) electrons. The van der Waals surface area contributed by atoms with Crippen molar-refractivity contribution < 1.29 is 0 Å². The highest BCUT2D eigenvalue weighted by molar-refractivity contribution is 6.20. The summed E-state index contributed by atoms with van der Waals surface area (Å²) in [6.07, 6.45) is 0. The molecule has 0 fully saturated rings. The summed E-state index contributed by atoms with van der Waals surface area (Å²) in [5.74, 6) is 0.674. The van der Waals surface area contributed by atoms with E-state index < -0.39 is 0 Å². The topological polar surface area (TPSA) is 30.7 Å². The minimum Gasteiger partial charge on any atom is -0.309 e. The van der Waals surface area contributed by atoms with E-state index >= 15 is 0 Å². The summed E-state index contributed by atoms with van der Waals surface area (Å²) < 4.78 is 2.38. The maximum absolute atomic E-state index is 5.45. The Morgan fingerprint density at radius 1 is 0.269 bits per heavy atom. The standard InChI is InChI=1S/C64H41N3/c1-3-16-42(17-4-1)46-20-15-21-49(38-46)59-41-60(54-27-12-11-25-52(54)48-35-36-56-55-28-13-14-29-61(55)67(62(56)40-48)50-22-5-2-6-23-50)66-64(65-59)45-32-30-44(31-33-45)63-53-26-10-8-19-47(53)39-58-51-24-9-7-18-43(51)34-37-57(58)63/h1-41H. The third kappa shape index (κ3) is 6.67. The highest BCUT2D eigenvalue weighted by Gasteiger charge is 2.19. The lowest BCUT2D eigenvalue weighted by Gasteiger charge is -2.15. The highest BCUT2D eigenvalue weighted by Crippen LogP contribution is 2.42. The van der Waals surface area contributed by atoms with Gasteiger partial charge in [-0.15, -0.1) is 0 Å². The van der Waals surface area contributed by atoms with Gasteiger partial charge in [-0.05, 0) is 108 Å². The number of nitrogens with zero attached hydrogens (tertiary/aromatic N) is 3. The van der Waals surface area contributed by atoms with Crippen LogP contribution in [0.3, 0.4) is 0 Å². The number of hydrogen-bond acceptors (Lipinski definition) is 2. The van der Waals surface area contributed by atoms with Crippen LogP contribution < -0.4 is 0 Å². The van der Waals surface area contributed by atoms with E-state index in [1.165, 1.54) is 54.2 Å². The second-order valence-corrected chi connectivity index (χ2v) is 17.3. The smallest absolute Gasteiger partial charge is 0.160 e. The fourth-order valence-electron chi connectivity index (χ4n) is 10.2. The van der Waals surface area contributed by atoms with Crippen molar-refractivity contribution in [3.05, 3.63) is 249 Å². The first-order valence-electron chi connectivity index (χ1n) is 22.9. The molecule has 3 nitrogen and oxygen atoms in total. The van der Waals surface area contributed by atoms with Crippen LogP contribution in [0.5, 0.6) is 0 Å². The molecule has 0 atom stereocenters. The van der Waals surface area contributed by atoms with Crippen LogP contribution in [-0.2, 0) is 0 Å². The van der Waals surface area contributed by atoms with E-state index in [1.807, 2.05) is 0 Å². The number of benzene rings is 11. The number of aromatic nitrogens is 3. The zero-order valence-corrected chi connectivity index (χ0v) is 36.5. The molecule has 0 aliphatic carbocycles. The first-order valence-corrected chi connectivity index (χ1v) is 22.9. The fourth-order valence-corrected chi connectivity index (χ4v) is 10.2. The van der Waals surface area contributed by atoms with Crippen molar-refractivity contribution in [3.8, 4) is 73.0 Å². The largest absolute Gasteiger partial charge is 0.309 e. The molecule has 0 aliphatic rings. The van der Waals surface area contributed by atoms with Gasteiger partial charge in [0.25, 0.3) is 0 Å². The van der Waals surface area contributed by atoms with Gasteiger partial charge in [0.2, 0.25) is 0 Å². The van der Waals surface area contributed by atoms with Gasteiger partial charge >= 0.3 is 0 Å². The Hall–Kier alpha value is -8.92. The van der Waals surface area contributed by atoms with Crippen LogP contribution in [-0.4, -0.2) is 14.5 Å². The predicted octanol–water partition coefficient (Wildman–Crippen LogP) is 17.0. The van der Waals surface area contributed by atoms with Crippen LogP contribution in [0.15, 0.2) is 249 Å². The van der Waals surface area contributed by atoms with E-state index in [2.05, 4.69) is 253 Å². The third-order valence-electron chi connectivity index (χ3n) is 13.4. The number of para-hydroxylation sites is 2. The van der Waals surface area contributed by atoms with Gasteiger partial charge in [-0.3, -0.25) is 0 Å². The minimum atomic E-state index is 0.674. The molecular formula is C64H41N3. The third-order valence-corrected chi connectivity index (χ3v) is 13.4. The van der Waals surface area contributed by atoms with E-state index in [1.54, 1.807) is 0 Å². The zero-order valence-electron chi connectivity index (χ0n) is 36.5. The molecule has 13 rings (SSSR count). The Bertz CT molecular complexity index is 4020. The van der Waals surface area contributed by atoms with Crippen molar-refractivity contribution >= 4 is 54.1 Å². The Labute approximate surface area is 388 Å². The van der Waals surface area contributed by atoms with Crippen LogP contribution in [0.4, 0.5) is 0 Å². The fraction of sp³-hybridized carbons (Fsp3) is 0. The van der Waals surface area contributed by atoms with Crippen LogP contribution in [0.25, 0.3) is 127 Å². The quantitative estimate of drug-likeness (QED) is 0.118. The number of fused-ring (bicyclic) bond motifs is 7. The van der Waals surface area contributed by atoms with Gasteiger partial charge in [-0.1, -0.05) is 206 Å². The molecule has 67 heavy (non-hydrogen) atoms. The van der Waals surface area contributed by atoms with Gasteiger partial charge in [-0.2, -0.15) is 0 Å². The van der Waals surface area contributed by atoms with Gasteiger partial charge in [0, 0.05) is 33.2 Å². The van der Waals surface area contributed by atoms with Gasteiger partial charge in [0.1, 0.15) is 0 Å². The summed E-state index contributed by atoms with van der Waals surface area (Å²) in [6, 6.07) is 89.4. The van der Waals surface area contributed by atoms with Crippen molar-refractivity contribution in [2.75, 3.05) is 0 Å². The average molecular weight is 852 g/mol. The summed E-state index contributed by atoms with van der Waals surface area (Å²) in [6.45, 7) is 0. The molecule has 3 heteroatoms. The maximum Gasteiger partial charge on any atom is 0.160 e. The minimum absolute atomic E-state index is 0.674. The summed E-state index contributed by atoms with van der Waals surface area (Å²) >= 11 is 0. The maximum atomic E-state index is 5.45. The van der Waals surface area contributed by atoms with E-state index in [9.17, 15) is 0 Å². The number of hydrogen-bond donors (Lipinski definition) is 0. The molecule has 0 saturated carbocycles. The lowest BCUT2D eigenvalue weighted by Crippen LogP contribution is -1.97. The molecule has 312 valence electrons.